The molecule has 0 radical (unpaired) electrons. The third-order valence-corrected chi connectivity index (χ3v) is 3.93. The minimum atomic E-state index is 0.382. The monoisotopic (exact) mass is 286 g/mol. The fourth-order valence-electron chi connectivity index (χ4n) is 1.96. The van der Waals surface area contributed by atoms with Crippen LogP contribution in [0.3, 0.4) is 0 Å². The van der Waals surface area contributed by atoms with Crippen molar-refractivity contribution in [3.05, 3.63) is 45.9 Å². The highest BCUT2D eigenvalue weighted by molar-refractivity contribution is 7.09. The van der Waals surface area contributed by atoms with E-state index in [4.69, 9.17) is 10.00 Å². The Morgan fingerprint density at radius 1 is 1.35 bits per heavy atom. The molecule has 2 aromatic rings. The summed E-state index contributed by atoms with van der Waals surface area (Å²) in [5.74, 6) is 1.41. The van der Waals surface area contributed by atoms with Gasteiger partial charge in [0.1, 0.15) is 5.75 Å². The molecule has 4 heteroatoms. The molecule has 1 aromatic carbocycles. The van der Waals surface area contributed by atoms with Crippen LogP contribution in [0, 0.1) is 11.3 Å². The number of rotatable bonds is 6. The van der Waals surface area contributed by atoms with Gasteiger partial charge in [-0.25, -0.2) is 4.98 Å². The fraction of sp³-hybridized carbons (Fsp3) is 0.375. The number of nitriles is 1. The third-order valence-electron chi connectivity index (χ3n) is 2.97. The molecule has 104 valence electrons. The van der Waals surface area contributed by atoms with Crippen molar-refractivity contribution >= 4 is 11.3 Å². The van der Waals surface area contributed by atoms with Gasteiger partial charge >= 0.3 is 0 Å². The van der Waals surface area contributed by atoms with Crippen LogP contribution in [0.2, 0.25) is 0 Å². The molecule has 0 N–H and O–H groups in total. The first kappa shape index (κ1) is 14.5. The summed E-state index contributed by atoms with van der Waals surface area (Å²) in [7, 11) is 0. The number of hydrogen-bond donors (Lipinski definition) is 0. The molecule has 0 fully saturated rings. The van der Waals surface area contributed by atoms with E-state index < -0.39 is 0 Å². The molecule has 1 heterocycles. The van der Waals surface area contributed by atoms with Gasteiger partial charge in [0.2, 0.25) is 0 Å². The van der Waals surface area contributed by atoms with Gasteiger partial charge in [-0.3, -0.25) is 0 Å². The molecule has 1 aromatic heterocycles. The molecule has 3 nitrogen and oxygen atoms in total. The van der Waals surface area contributed by atoms with Crippen LogP contribution < -0.4 is 4.74 Å². The second-order valence-electron chi connectivity index (χ2n) is 4.86. The first-order valence-corrected chi connectivity index (χ1v) is 7.60. The number of hydrogen-bond acceptors (Lipinski definition) is 4. The van der Waals surface area contributed by atoms with E-state index >= 15 is 0 Å². The predicted molar refractivity (Wildman–Crippen MR) is 81.2 cm³/mol. The molecule has 2 rings (SSSR count). The number of para-hydroxylation sites is 1. The van der Waals surface area contributed by atoms with E-state index in [1.54, 1.807) is 11.3 Å². The minimum absolute atomic E-state index is 0.382. The Bertz CT molecular complexity index is 599. The van der Waals surface area contributed by atoms with Gasteiger partial charge in [0, 0.05) is 11.8 Å². The van der Waals surface area contributed by atoms with Crippen molar-refractivity contribution in [2.75, 3.05) is 6.61 Å². The minimum Gasteiger partial charge on any atom is -0.493 e. The predicted octanol–water partition coefficient (Wildman–Crippen LogP) is 3.95. The maximum Gasteiger partial charge on any atom is 0.122 e. The molecule has 0 atom stereocenters. The van der Waals surface area contributed by atoms with Crippen LogP contribution in [0.25, 0.3) is 0 Å². The van der Waals surface area contributed by atoms with Crippen molar-refractivity contribution in [1.29, 1.82) is 5.26 Å². The van der Waals surface area contributed by atoms with Crippen molar-refractivity contribution in [3.8, 4) is 11.8 Å². The van der Waals surface area contributed by atoms with Gasteiger partial charge in [0.15, 0.2) is 0 Å². The van der Waals surface area contributed by atoms with Crippen LogP contribution in [-0.2, 0) is 12.8 Å². The number of benzene rings is 1. The van der Waals surface area contributed by atoms with Gasteiger partial charge in [-0.05, 0) is 17.5 Å². The first-order chi connectivity index (χ1) is 9.70. The van der Waals surface area contributed by atoms with Crippen LogP contribution in [0.5, 0.6) is 5.75 Å². The first-order valence-electron chi connectivity index (χ1n) is 6.72. The summed E-state index contributed by atoms with van der Waals surface area (Å²) in [6.07, 6.45) is 1.16. The Labute approximate surface area is 123 Å². The smallest absolute Gasteiger partial charge is 0.122 e. The summed E-state index contributed by atoms with van der Waals surface area (Å²) < 4.78 is 5.87. The Morgan fingerprint density at radius 3 is 2.90 bits per heavy atom. The van der Waals surface area contributed by atoms with Gasteiger partial charge in [0.25, 0.3) is 0 Å². The van der Waals surface area contributed by atoms with Crippen molar-refractivity contribution < 1.29 is 4.74 Å². The second kappa shape index (κ2) is 7.06. The van der Waals surface area contributed by atoms with E-state index in [0.717, 1.165) is 22.9 Å². The van der Waals surface area contributed by atoms with E-state index in [1.807, 2.05) is 23.6 Å². The molecule has 0 spiro atoms. The lowest BCUT2D eigenvalue weighted by Crippen LogP contribution is -2.04. The highest BCUT2D eigenvalue weighted by Gasteiger charge is 2.07. The third kappa shape index (κ3) is 3.82. The standard InChI is InChI=1S/C16H18N2OS/c1-12(2)14-5-3-4-6-15(14)19-10-8-16-18-13(7-9-17)11-20-16/h3-6,11-12H,7-8,10H2,1-2H3. The van der Waals surface area contributed by atoms with Gasteiger partial charge < -0.3 is 4.74 Å². The van der Waals surface area contributed by atoms with Gasteiger partial charge in [0.05, 0.1) is 29.8 Å². The largest absolute Gasteiger partial charge is 0.493 e. The number of ether oxygens (including phenoxy) is 1. The molecule has 0 saturated heterocycles. The van der Waals surface area contributed by atoms with Crippen LogP contribution in [0.15, 0.2) is 29.6 Å². The SMILES string of the molecule is CC(C)c1ccccc1OCCc1nc(CC#N)cs1. The molecule has 0 amide bonds. The normalized spacial score (nSPS) is 10.5. The summed E-state index contributed by atoms with van der Waals surface area (Å²) in [5, 5.41) is 11.6. The van der Waals surface area contributed by atoms with Gasteiger partial charge in [-0.2, -0.15) is 5.26 Å². The van der Waals surface area contributed by atoms with Crippen LogP contribution >= 0.6 is 11.3 Å². The number of thiazole rings is 1. The topological polar surface area (TPSA) is 45.9 Å². The molecule has 0 aliphatic heterocycles. The van der Waals surface area contributed by atoms with Crippen LogP contribution in [-0.4, -0.2) is 11.6 Å². The number of nitrogens with zero attached hydrogens (tertiary/aromatic N) is 2. The maximum absolute atomic E-state index is 8.63. The van der Waals surface area contributed by atoms with Gasteiger partial charge in [-0.1, -0.05) is 32.0 Å². The highest BCUT2D eigenvalue weighted by Crippen LogP contribution is 2.26. The zero-order valence-corrected chi connectivity index (χ0v) is 12.6. The molecule has 20 heavy (non-hydrogen) atoms. The zero-order valence-electron chi connectivity index (χ0n) is 11.8. The number of aromatic nitrogens is 1. The summed E-state index contributed by atoms with van der Waals surface area (Å²) >= 11 is 1.59. The van der Waals surface area contributed by atoms with Crippen LogP contribution in [0.1, 0.15) is 36.0 Å². The average Bonchev–Trinajstić information content (AvgIpc) is 2.87. The summed E-state index contributed by atoms with van der Waals surface area (Å²) in [6.45, 7) is 4.94. The molecular weight excluding hydrogens is 268 g/mol. The van der Waals surface area contributed by atoms with Crippen molar-refractivity contribution in [2.24, 2.45) is 0 Å². The summed E-state index contributed by atoms with van der Waals surface area (Å²) in [5.41, 5.74) is 2.09. The van der Waals surface area contributed by atoms with Crippen molar-refractivity contribution in [2.45, 2.75) is 32.6 Å². The van der Waals surface area contributed by atoms with E-state index in [2.05, 4.69) is 31.0 Å². The van der Waals surface area contributed by atoms with E-state index in [0.29, 0.717) is 18.9 Å². The maximum atomic E-state index is 8.63. The lowest BCUT2D eigenvalue weighted by molar-refractivity contribution is 0.317. The molecule has 0 aliphatic carbocycles. The highest BCUT2D eigenvalue weighted by atomic mass is 32.1. The molecule has 0 saturated carbocycles. The summed E-state index contributed by atoms with van der Waals surface area (Å²) in [4.78, 5) is 4.40. The van der Waals surface area contributed by atoms with Gasteiger partial charge in [-0.15, -0.1) is 11.3 Å². The van der Waals surface area contributed by atoms with Crippen molar-refractivity contribution in [1.82, 2.24) is 4.98 Å². The Kier molecular flexibility index (Phi) is 5.14. The molecule has 0 bridgehead atoms. The lowest BCUT2D eigenvalue weighted by Gasteiger charge is -2.13. The average molecular weight is 286 g/mol. The molecular formula is C16H18N2OS. The Balaban J connectivity index is 1.91. The quantitative estimate of drug-likeness (QED) is 0.807. The Hall–Kier alpha value is -1.86. The van der Waals surface area contributed by atoms with Crippen molar-refractivity contribution in [3.63, 3.8) is 0 Å². The van der Waals surface area contributed by atoms with E-state index in [-0.39, 0.29) is 0 Å². The molecule has 0 aliphatic rings. The van der Waals surface area contributed by atoms with Crippen LogP contribution in [0.4, 0.5) is 0 Å². The summed E-state index contributed by atoms with van der Waals surface area (Å²) in [6, 6.07) is 10.3. The lowest BCUT2D eigenvalue weighted by atomic mass is 10.0. The fourth-order valence-corrected chi connectivity index (χ4v) is 2.74. The zero-order chi connectivity index (χ0) is 14.4. The van der Waals surface area contributed by atoms with E-state index in [1.165, 1.54) is 5.56 Å². The second-order valence-corrected chi connectivity index (χ2v) is 5.80. The van der Waals surface area contributed by atoms with E-state index in [9.17, 15) is 0 Å². The Morgan fingerprint density at radius 2 is 2.15 bits per heavy atom. The molecule has 0 unspecified atom stereocenters.